The van der Waals surface area contributed by atoms with E-state index in [1.165, 1.54) is 0 Å². The number of aromatic nitrogens is 1. The molecule has 0 saturated carbocycles. The highest BCUT2D eigenvalue weighted by molar-refractivity contribution is 5.73. The first kappa shape index (κ1) is 17.2. The minimum atomic E-state index is -0.226. The Labute approximate surface area is 147 Å². The van der Waals surface area contributed by atoms with Crippen molar-refractivity contribution in [3.8, 4) is 5.75 Å². The highest BCUT2D eigenvalue weighted by Crippen LogP contribution is 2.17. The quantitative estimate of drug-likeness (QED) is 0.812. The number of benzene rings is 1. The van der Waals surface area contributed by atoms with Crippen LogP contribution < -0.4 is 15.4 Å². The summed E-state index contributed by atoms with van der Waals surface area (Å²) in [5.41, 5.74) is 1.81. The average Bonchev–Trinajstić information content (AvgIpc) is 3.18. The summed E-state index contributed by atoms with van der Waals surface area (Å²) in [7, 11) is 0. The van der Waals surface area contributed by atoms with E-state index in [-0.39, 0.29) is 12.1 Å². The summed E-state index contributed by atoms with van der Waals surface area (Å²) in [6.45, 7) is 2.23. The lowest BCUT2D eigenvalue weighted by Crippen LogP contribution is -2.34. The SMILES string of the molecule is O=C(NCc1cccc(OC[C@H]2CCCO2)c1)NCc1ccccn1. The van der Waals surface area contributed by atoms with Gasteiger partial charge >= 0.3 is 6.03 Å². The molecule has 0 bridgehead atoms. The summed E-state index contributed by atoms with van der Waals surface area (Å²) in [6, 6.07) is 13.1. The molecule has 2 aromatic rings. The Kier molecular flexibility index (Phi) is 6.23. The second-order valence-corrected chi connectivity index (χ2v) is 5.95. The molecule has 1 aromatic heterocycles. The van der Waals surface area contributed by atoms with Gasteiger partial charge in [0.2, 0.25) is 0 Å². The molecular formula is C19H23N3O3. The first-order chi connectivity index (χ1) is 12.3. The van der Waals surface area contributed by atoms with Crippen LogP contribution in [-0.2, 0) is 17.8 Å². The number of rotatable bonds is 7. The van der Waals surface area contributed by atoms with E-state index in [9.17, 15) is 4.79 Å². The van der Waals surface area contributed by atoms with Gasteiger partial charge in [-0.05, 0) is 42.7 Å². The van der Waals surface area contributed by atoms with Gasteiger partial charge in [0.15, 0.2) is 0 Å². The van der Waals surface area contributed by atoms with Crippen molar-refractivity contribution in [3.63, 3.8) is 0 Å². The summed E-state index contributed by atoms with van der Waals surface area (Å²) < 4.78 is 11.3. The molecule has 3 rings (SSSR count). The maximum atomic E-state index is 11.9. The molecule has 1 aliphatic rings. The molecule has 1 atom stereocenters. The molecule has 1 fully saturated rings. The minimum Gasteiger partial charge on any atom is -0.491 e. The number of hydrogen-bond acceptors (Lipinski definition) is 4. The van der Waals surface area contributed by atoms with Gasteiger partial charge in [0.25, 0.3) is 0 Å². The van der Waals surface area contributed by atoms with Gasteiger partial charge in [0.1, 0.15) is 12.4 Å². The fourth-order valence-electron chi connectivity index (χ4n) is 2.63. The Morgan fingerprint density at radius 3 is 2.92 bits per heavy atom. The van der Waals surface area contributed by atoms with Crippen LogP contribution in [0.2, 0.25) is 0 Å². The normalized spacial score (nSPS) is 16.4. The number of hydrogen-bond donors (Lipinski definition) is 2. The van der Waals surface area contributed by atoms with Gasteiger partial charge in [-0.15, -0.1) is 0 Å². The van der Waals surface area contributed by atoms with Crippen molar-refractivity contribution in [2.75, 3.05) is 13.2 Å². The van der Waals surface area contributed by atoms with Crippen LogP contribution in [0.15, 0.2) is 48.7 Å². The lowest BCUT2D eigenvalue weighted by Gasteiger charge is -2.12. The van der Waals surface area contributed by atoms with Gasteiger partial charge in [-0.1, -0.05) is 18.2 Å². The van der Waals surface area contributed by atoms with Gasteiger partial charge in [0, 0.05) is 19.3 Å². The predicted molar refractivity (Wildman–Crippen MR) is 94.2 cm³/mol. The molecule has 2 N–H and O–H groups in total. The Balaban J connectivity index is 1.41. The first-order valence-electron chi connectivity index (χ1n) is 8.54. The van der Waals surface area contributed by atoms with Crippen molar-refractivity contribution < 1.29 is 14.3 Å². The van der Waals surface area contributed by atoms with Crippen molar-refractivity contribution >= 4 is 6.03 Å². The van der Waals surface area contributed by atoms with Crippen LogP contribution in [0.3, 0.4) is 0 Å². The van der Waals surface area contributed by atoms with Crippen LogP contribution in [0.4, 0.5) is 4.79 Å². The molecule has 0 aliphatic carbocycles. The lowest BCUT2D eigenvalue weighted by molar-refractivity contribution is 0.0679. The molecule has 2 amide bonds. The molecule has 1 aliphatic heterocycles. The molecule has 1 saturated heterocycles. The molecule has 0 radical (unpaired) electrons. The summed E-state index contributed by atoms with van der Waals surface area (Å²) in [5.74, 6) is 0.795. The second-order valence-electron chi connectivity index (χ2n) is 5.95. The van der Waals surface area contributed by atoms with Gasteiger partial charge in [0.05, 0.1) is 18.3 Å². The third-order valence-corrected chi connectivity index (χ3v) is 3.97. The maximum Gasteiger partial charge on any atom is 0.315 e. The zero-order chi connectivity index (χ0) is 17.3. The van der Waals surface area contributed by atoms with Crippen LogP contribution in [0.25, 0.3) is 0 Å². The summed E-state index contributed by atoms with van der Waals surface area (Å²) in [6.07, 6.45) is 4.06. The Morgan fingerprint density at radius 2 is 2.12 bits per heavy atom. The van der Waals surface area contributed by atoms with E-state index in [0.717, 1.165) is 36.5 Å². The van der Waals surface area contributed by atoms with E-state index in [2.05, 4.69) is 15.6 Å². The molecule has 6 nitrogen and oxygen atoms in total. The number of urea groups is 1. The van der Waals surface area contributed by atoms with Gasteiger partial charge < -0.3 is 20.1 Å². The Morgan fingerprint density at radius 1 is 1.20 bits per heavy atom. The first-order valence-corrected chi connectivity index (χ1v) is 8.54. The topological polar surface area (TPSA) is 72.5 Å². The summed E-state index contributed by atoms with van der Waals surface area (Å²) in [4.78, 5) is 16.0. The molecule has 2 heterocycles. The van der Waals surface area contributed by atoms with E-state index < -0.39 is 0 Å². The standard InChI is InChI=1S/C19H23N3O3/c23-19(22-13-16-6-1-2-9-20-16)21-12-15-5-3-7-17(11-15)25-14-18-8-4-10-24-18/h1-3,5-7,9,11,18H,4,8,10,12-14H2,(H2,21,22,23)/t18-/m1/s1. The van der Waals surface area contributed by atoms with Crippen LogP contribution in [0, 0.1) is 0 Å². The predicted octanol–water partition coefficient (Wildman–Crippen LogP) is 2.64. The van der Waals surface area contributed by atoms with Crippen molar-refractivity contribution in [1.82, 2.24) is 15.6 Å². The smallest absolute Gasteiger partial charge is 0.315 e. The monoisotopic (exact) mass is 341 g/mol. The maximum absolute atomic E-state index is 11.9. The summed E-state index contributed by atoms with van der Waals surface area (Å²) >= 11 is 0. The number of amides is 2. The number of pyridine rings is 1. The molecule has 132 valence electrons. The van der Waals surface area contributed by atoms with Gasteiger partial charge in [-0.2, -0.15) is 0 Å². The number of nitrogens with one attached hydrogen (secondary N) is 2. The van der Waals surface area contributed by atoms with Crippen molar-refractivity contribution in [2.24, 2.45) is 0 Å². The fourth-order valence-corrected chi connectivity index (χ4v) is 2.63. The number of nitrogens with zero attached hydrogens (tertiary/aromatic N) is 1. The third-order valence-electron chi connectivity index (χ3n) is 3.97. The molecular weight excluding hydrogens is 318 g/mol. The number of carbonyl (C=O) groups is 1. The fraction of sp³-hybridized carbons (Fsp3) is 0.368. The number of carbonyl (C=O) groups excluding carboxylic acids is 1. The van der Waals surface area contributed by atoms with E-state index in [0.29, 0.717) is 19.7 Å². The Bertz CT molecular complexity index is 673. The van der Waals surface area contributed by atoms with Crippen molar-refractivity contribution in [2.45, 2.75) is 32.0 Å². The van der Waals surface area contributed by atoms with E-state index >= 15 is 0 Å². The second kappa shape index (κ2) is 9.03. The zero-order valence-electron chi connectivity index (χ0n) is 14.1. The van der Waals surface area contributed by atoms with Gasteiger partial charge in [-0.25, -0.2) is 4.79 Å². The van der Waals surface area contributed by atoms with Crippen molar-refractivity contribution in [1.29, 1.82) is 0 Å². The van der Waals surface area contributed by atoms with Crippen LogP contribution >= 0.6 is 0 Å². The van der Waals surface area contributed by atoms with E-state index in [1.807, 2.05) is 42.5 Å². The van der Waals surface area contributed by atoms with Crippen LogP contribution in [0.5, 0.6) is 5.75 Å². The Hall–Kier alpha value is -2.60. The minimum absolute atomic E-state index is 0.194. The molecule has 0 unspecified atom stereocenters. The summed E-state index contributed by atoms with van der Waals surface area (Å²) in [5, 5.41) is 5.62. The molecule has 6 heteroatoms. The van der Waals surface area contributed by atoms with E-state index in [1.54, 1.807) is 6.20 Å². The molecule has 1 aromatic carbocycles. The zero-order valence-corrected chi connectivity index (χ0v) is 14.1. The number of ether oxygens (including phenoxy) is 2. The van der Waals surface area contributed by atoms with E-state index in [4.69, 9.17) is 9.47 Å². The largest absolute Gasteiger partial charge is 0.491 e. The van der Waals surface area contributed by atoms with Crippen molar-refractivity contribution in [3.05, 3.63) is 59.9 Å². The molecule has 0 spiro atoms. The van der Waals surface area contributed by atoms with Gasteiger partial charge in [-0.3, -0.25) is 4.98 Å². The third kappa shape index (κ3) is 5.76. The van der Waals surface area contributed by atoms with Crippen LogP contribution in [-0.4, -0.2) is 30.3 Å². The highest BCUT2D eigenvalue weighted by Gasteiger charge is 2.15. The average molecular weight is 341 g/mol. The molecule has 25 heavy (non-hydrogen) atoms. The van der Waals surface area contributed by atoms with Crippen LogP contribution in [0.1, 0.15) is 24.1 Å². The lowest BCUT2D eigenvalue weighted by atomic mass is 10.2. The highest BCUT2D eigenvalue weighted by atomic mass is 16.5.